The van der Waals surface area contributed by atoms with Crippen LogP contribution in [0.25, 0.3) is 22.2 Å². The topological polar surface area (TPSA) is 68.3 Å². The van der Waals surface area contributed by atoms with Gasteiger partial charge in [0, 0.05) is 17.4 Å². The Morgan fingerprint density at radius 3 is 2.26 bits per heavy atom. The van der Waals surface area contributed by atoms with Gasteiger partial charge in [-0.2, -0.15) is 0 Å². The molecule has 0 unspecified atom stereocenters. The van der Waals surface area contributed by atoms with Gasteiger partial charge in [-0.05, 0) is 98.1 Å². The molecule has 4 saturated carbocycles. The fraction of sp³-hybridized carbons (Fsp3) is 0.414. The van der Waals surface area contributed by atoms with Gasteiger partial charge < -0.3 is 10.1 Å². The SMILES string of the molecule is COC(=O)c1ccc(-c2ccc3c(NC(=O)CC45CC6CC(CC(C6)C4)C5)cccc3n2)cc1. The molecule has 7 rings (SSSR count). The molecular formula is C29H30N2O3. The largest absolute Gasteiger partial charge is 0.465 e. The maximum absolute atomic E-state index is 13.2. The summed E-state index contributed by atoms with van der Waals surface area (Å²) in [6.45, 7) is 0. The molecule has 0 aliphatic heterocycles. The number of hydrogen-bond acceptors (Lipinski definition) is 4. The van der Waals surface area contributed by atoms with Crippen molar-refractivity contribution in [3.05, 3.63) is 60.2 Å². The summed E-state index contributed by atoms with van der Waals surface area (Å²) in [5, 5.41) is 4.16. The highest BCUT2D eigenvalue weighted by atomic mass is 16.5. The maximum atomic E-state index is 13.2. The highest BCUT2D eigenvalue weighted by molar-refractivity contribution is 6.01. The third kappa shape index (κ3) is 3.87. The van der Waals surface area contributed by atoms with Gasteiger partial charge in [0.2, 0.25) is 5.91 Å². The molecule has 1 N–H and O–H groups in total. The van der Waals surface area contributed by atoms with Crippen LogP contribution in [0.4, 0.5) is 5.69 Å². The minimum absolute atomic E-state index is 0.136. The average molecular weight is 455 g/mol. The molecule has 4 aliphatic carbocycles. The number of hydrogen-bond donors (Lipinski definition) is 1. The standard InChI is InChI=1S/C29H30N2O3/c1-34-28(33)22-7-5-21(6-8-22)24-10-9-23-25(30-24)3-2-4-26(23)31-27(32)17-29-14-18-11-19(15-29)13-20(12-18)16-29/h2-10,18-20H,11-17H2,1H3,(H,31,32). The van der Waals surface area contributed by atoms with Crippen LogP contribution in [-0.2, 0) is 9.53 Å². The summed E-state index contributed by atoms with van der Waals surface area (Å²) in [6, 6.07) is 17.1. The molecule has 0 atom stereocenters. The second kappa shape index (κ2) is 8.23. The number of aromatic nitrogens is 1. The second-order valence-corrected chi connectivity index (χ2v) is 10.8. The van der Waals surface area contributed by atoms with Crippen LogP contribution in [0.5, 0.6) is 0 Å². The van der Waals surface area contributed by atoms with E-state index < -0.39 is 0 Å². The van der Waals surface area contributed by atoms with Crippen molar-refractivity contribution < 1.29 is 14.3 Å². The monoisotopic (exact) mass is 454 g/mol. The lowest BCUT2D eigenvalue weighted by Gasteiger charge is -2.56. The van der Waals surface area contributed by atoms with E-state index in [1.807, 2.05) is 42.5 Å². The third-order valence-electron chi connectivity index (χ3n) is 8.31. The average Bonchev–Trinajstić information content (AvgIpc) is 2.82. The van der Waals surface area contributed by atoms with E-state index in [4.69, 9.17) is 9.72 Å². The smallest absolute Gasteiger partial charge is 0.337 e. The molecule has 1 aromatic heterocycles. The molecule has 34 heavy (non-hydrogen) atoms. The number of benzene rings is 2. The molecule has 5 nitrogen and oxygen atoms in total. The minimum atomic E-state index is -0.355. The Balaban J connectivity index is 1.21. The molecular weight excluding hydrogens is 424 g/mol. The Bertz CT molecular complexity index is 1230. The van der Waals surface area contributed by atoms with Crippen LogP contribution in [0.15, 0.2) is 54.6 Å². The molecule has 4 fully saturated rings. The van der Waals surface area contributed by atoms with E-state index in [1.165, 1.54) is 45.6 Å². The van der Waals surface area contributed by atoms with E-state index in [2.05, 4.69) is 5.32 Å². The molecule has 2 aromatic carbocycles. The molecule has 0 saturated heterocycles. The van der Waals surface area contributed by atoms with Gasteiger partial charge in [0.15, 0.2) is 0 Å². The van der Waals surface area contributed by atoms with Crippen LogP contribution < -0.4 is 5.32 Å². The van der Waals surface area contributed by atoms with Crippen LogP contribution in [-0.4, -0.2) is 24.0 Å². The minimum Gasteiger partial charge on any atom is -0.465 e. The van der Waals surface area contributed by atoms with E-state index >= 15 is 0 Å². The fourth-order valence-electron chi connectivity index (χ4n) is 7.36. The van der Waals surface area contributed by atoms with Crippen molar-refractivity contribution in [3.8, 4) is 11.3 Å². The Labute approximate surface area is 199 Å². The highest BCUT2D eigenvalue weighted by Crippen LogP contribution is 2.61. The zero-order valence-corrected chi connectivity index (χ0v) is 19.5. The van der Waals surface area contributed by atoms with Gasteiger partial charge >= 0.3 is 5.97 Å². The molecule has 1 amide bonds. The van der Waals surface area contributed by atoms with E-state index in [0.29, 0.717) is 12.0 Å². The number of carbonyl (C=O) groups is 2. The first kappa shape index (κ1) is 21.3. The predicted octanol–water partition coefficient (Wildman–Crippen LogP) is 6.23. The van der Waals surface area contributed by atoms with Gasteiger partial charge in [0.25, 0.3) is 0 Å². The van der Waals surface area contributed by atoms with Gasteiger partial charge in [-0.3, -0.25) is 4.79 Å². The normalized spacial score (nSPS) is 27.0. The van der Waals surface area contributed by atoms with Crippen molar-refractivity contribution >= 4 is 28.5 Å². The number of fused-ring (bicyclic) bond motifs is 1. The molecule has 3 aromatic rings. The first-order valence-electron chi connectivity index (χ1n) is 12.4. The predicted molar refractivity (Wildman–Crippen MR) is 132 cm³/mol. The third-order valence-corrected chi connectivity index (χ3v) is 8.31. The number of esters is 1. The molecule has 4 bridgehead atoms. The number of anilines is 1. The van der Waals surface area contributed by atoms with Crippen LogP contribution in [0.2, 0.25) is 0 Å². The van der Waals surface area contributed by atoms with E-state index in [-0.39, 0.29) is 17.3 Å². The van der Waals surface area contributed by atoms with Gasteiger partial charge in [-0.15, -0.1) is 0 Å². The Morgan fingerprint density at radius 1 is 0.941 bits per heavy atom. The number of pyridine rings is 1. The van der Waals surface area contributed by atoms with Crippen LogP contribution in [0, 0.1) is 23.2 Å². The van der Waals surface area contributed by atoms with E-state index in [0.717, 1.165) is 45.6 Å². The number of rotatable bonds is 5. The van der Waals surface area contributed by atoms with Gasteiger partial charge in [-0.25, -0.2) is 9.78 Å². The summed E-state index contributed by atoms with van der Waals surface area (Å²) in [4.78, 5) is 29.7. The van der Waals surface area contributed by atoms with Crippen molar-refractivity contribution in [2.45, 2.75) is 44.9 Å². The summed E-state index contributed by atoms with van der Waals surface area (Å²) in [5.41, 5.74) is 4.14. The summed E-state index contributed by atoms with van der Waals surface area (Å²) in [5.74, 6) is 2.33. The van der Waals surface area contributed by atoms with Crippen molar-refractivity contribution in [2.24, 2.45) is 23.2 Å². The molecule has 174 valence electrons. The number of ether oxygens (including phenoxy) is 1. The van der Waals surface area contributed by atoms with Gasteiger partial charge in [-0.1, -0.05) is 18.2 Å². The van der Waals surface area contributed by atoms with Crippen molar-refractivity contribution in [1.29, 1.82) is 0 Å². The quantitative estimate of drug-likeness (QED) is 0.464. The molecule has 4 aliphatic rings. The zero-order chi connectivity index (χ0) is 23.3. The van der Waals surface area contributed by atoms with E-state index in [9.17, 15) is 9.59 Å². The summed E-state index contributed by atoms with van der Waals surface area (Å²) in [6.07, 6.45) is 8.53. The summed E-state index contributed by atoms with van der Waals surface area (Å²) < 4.78 is 4.77. The molecule has 5 heteroatoms. The second-order valence-electron chi connectivity index (χ2n) is 10.8. The number of amides is 1. The molecule has 0 spiro atoms. The number of nitrogens with one attached hydrogen (secondary N) is 1. The van der Waals surface area contributed by atoms with Crippen molar-refractivity contribution in [2.75, 3.05) is 12.4 Å². The Morgan fingerprint density at radius 2 is 1.62 bits per heavy atom. The lowest BCUT2D eigenvalue weighted by Crippen LogP contribution is -2.47. The van der Waals surface area contributed by atoms with Crippen molar-refractivity contribution in [3.63, 3.8) is 0 Å². The van der Waals surface area contributed by atoms with Crippen molar-refractivity contribution in [1.82, 2.24) is 4.98 Å². The highest BCUT2D eigenvalue weighted by Gasteiger charge is 2.51. The lowest BCUT2D eigenvalue weighted by atomic mass is 9.49. The van der Waals surface area contributed by atoms with Crippen LogP contribution in [0.3, 0.4) is 0 Å². The van der Waals surface area contributed by atoms with Crippen LogP contribution in [0.1, 0.15) is 55.3 Å². The lowest BCUT2D eigenvalue weighted by molar-refractivity contribution is -0.124. The Kier molecular flexibility index (Phi) is 5.16. The number of nitrogens with zero attached hydrogens (tertiary/aromatic N) is 1. The number of carbonyl (C=O) groups excluding carboxylic acids is 2. The Hall–Kier alpha value is -3.21. The number of methoxy groups -OCH3 is 1. The van der Waals surface area contributed by atoms with Crippen LogP contribution >= 0.6 is 0 Å². The first-order valence-corrected chi connectivity index (χ1v) is 12.4. The summed E-state index contributed by atoms with van der Waals surface area (Å²) in [7, 11) is 1.38. The zero-order valence-electron chi connectivity index (χ0n) is 19.5. The summed E-state index contributed by atoms with van der Waals surface area (Å²) >= 11 is 0. The fourth-order valence-corrected chi connectivity index (χ4v) is 7.36. The van der Waals surface area contributed by atoms with Gasteiger partial charge in [0.1, 0.15) is 0 Å². The van der Waals surface area contributed by atoms with E-state index in [1.54, 1.807) is 12.1 Å². The maximum Gasteiger partial charge on any atom is 0.337 e. The molecule has 0 radical (unpaired) electrons. The van der Waals surface area contributed by atoms with Gasteiger partial charge in [0.05, 0.1) is 29.6 Å². The molecule has 1 heterocycles. The first-order chi connectivity index (χ1) is 16.5.